The summed E-state index contributed by atoms with van der Waals surface area (Å²) in [5.74, 6) is 2.95. The lowest BCUT2D eigenvalue weighted by atomic mass is 9.95. The van der Waals surface area contributed by atoms with Crippen LogP contribution in [0.1, 0.15) is 37.4 Å². The Morgan fingerprint density at radius 1 is 1.24 bits per heavy atom. The van der Waals surface area contributed by atoms with Gasteiger partial charge in [0.05, 0.1) is 40.0 Å². The van der Waals surface area contributed by atoms with Crippen LogP contribution in [0.5, 0.6) is 11.5 Å². The normalized spacial score (nSPS) is 15.0. The summed E-state index contributed by atoms with van der Waals surface area (Å²) >= 11 is 4.79. The van der Waals surface area contributed by atoms with Crippen LogP contribution in [0.4, 0.5) is 0 Å². The zero-order valence-corrected chi connectivity index (χ0v) is 23.0. The summed E-state index contributed by atoms with van der Waals surface area (Å²) in [7, 11) is 1.33. The van der Waals surface area contributed by atoms with Crippen LogP contribution in [0.2, 0.25) is 0 Å². The topological polar surface area (TPSA) is 79.1 Å². The predicted octanol–water partition coefficient (Wildman–Crippen LogP) is 3.97. The smallest absolute Gasteiger partial charge is 0.338 e. The van der Waals surface area contributed by atoms with Crippen molar-refractivity contribution in [3.8, 4) is 23.8 Å². The molecule has 0 spiro atoms. The van der Waals surface area contributed by atoms with Gasteiger partial charge in [0.1, 0.15) is 6.61 Å². The lowest BCUT2D eigenvalue weighted by Gasteiger charge is -2.25. The second kappa shape index (κ2) is 11.6. The van der Waals surface area contributed by atoms with Crippen LogP contribution in [0.3, 0.4) is 0 Å². The Hall–Kier alpha value is -3.61. The number of allylic oxidation sites excluding steroid dienone is 1. The maximum absolute atomic E-state index is 13.8. The van der Waals surface area contributed by atoms with Gasteiger partial charge in [0.2, 0.25) is 0 Å². The number of benzene rings is 2. The van der Waals surface area contributed by atoms with Gasteiger partial charge < -0.3 is 14.2 Å². The molecule has 0 bridgehead atoms. The number of nitrogens with zero attached hydrogens (tertiary/aromatic N) is 2. The van der Waals surface area contributed by atoms with Crippen LogP contribution >= 0.6 is 27.3 Å². The summed E-state index contributed by atoms with van der Waals surface area (Å²) in [6, 6.07) is 12.4. The van der Waals surface area contributed by atoms with Crippen molar-refractivity contribution in [1.29, 1.82) is 0 Å². The lowest BCUT2D eigenvalue weighted by molar-refractivity contribution is -0.136. The fourth-order valence-corrected chi connectivity index (χ4v) is 5.75. The van der Waals surface area contributed by atoms with E-state index >= 15 is 0 Å². The molecule has 9 heteroatoms. The summed E-state index contributed by atoms with van der Waals surface area (Å²) in [5.41, 5.74) is 2.24. The van der Waals surface area contributed by atoms with E-state index in [0.29, 0.717) is 49.6 Å². The Balaban J connectivity index is 1.92. The first-order chi connectivity index (χ1) is 17.9. The summed E-state index contributed by atoms with van der Waals surface area (Å²) in [5, 5.41) is 0. The largest absolute Gasteiger partial charge is 0.490 e. The van der Waals surface area contributed by atoms with Crippen LogP contribution in [0.25, 0.3) is 6.08 Å². The highest BCUT2D eigenvalue weighted by molar-refractivity contribution is 9.10. The van der Waals surface area contributed by atoms with Gasteiger partial charge >= 0.3 is 5.97 Å². The van der Waals surface area contributed by atoms with E-state index in [9.17, 15) is 9.59 Å². The number of hydrogen-bond acceptors (Lipinski definition) is 7. The van der Waals surface area contributed by atoms with Crippen LogP contribution in [-0.2, 0) is 9.53 Å². The third-order valence-electron chi connectivity index (χ3n) is 5.69. The zero-order valence-electron chi connectivity index (χ0n) is 20.6. The number of methoxy groups -OCH3 is 1. The van der Waals surface area contributed by atoms with Gasteiger partial charge in [-0.2, -0.15) is 0 Å². The SMILES string of the molecule is C#CCOc1c(Br)cc(/C=c2\sc3n(c2=O)[C@H](c2ccccc2)C(C(=O)OC)=C(CC)N=3)cc1OCC. The highest BCUT2D eigenvalue weighted by atomic mass is 79.9. The fourth-order valence-electron chi connectivity index (χ4n) is 4.15. The third kappa shape index (κ3) is 5.26. The number of aromatic nitrogens is 1. The van der Waals surface area contributed by atoms with Gasteiger partial charge in [-0.25, -0.2) is 9.79 Å². The van der Waals surface area contributed by atoms with Crippen molar-refractivity contribution in [1.82, 2.24) is 4.57 Å². The Morgan fingerprint density at radius 2 is 2.00 bits per heavy atom. The molecule has 37 heavy (non-hydrogen) atoms. The van der Waals surface area contributed by atoms with Gasteiger partial charge in [0.25, 0.3) is 5.56 Å². The molecule has 1 aliphatic heterocycles. The minimum absolute atomic E-state index is 0.0956. The van der Waals surface area contributed by atoms with E-state index in [4.69, 9.17) is 25.6 Å². The number of carbonyl (C=O) groups excluding carboxylic acids is 1. The summed E-state index contributed by atoms with van der Waals surface area (Å²) in [6.07, 6.45) is 7.64. The number of esters is 1. The van der Waals surface area contributed by atoms with E-state index in [1.165, 1.54) is 18.4 Å². The van der Waals surface area contributed by atoms with Crippen molar-refractivity contribution in [3.63, 3.8) is 0 Å². The first-order valence-corrected chi connectivity index (χ1v) is 13.2. The number of terminal acetylenes is 1. The average molecular weight is 581 g/mol. The van der Waals surface area contributed by atoms with Crippen molar-refractivity contribution < 1.29 is 19.0 Å². The summed E-state index contributed by atoms with van der Waals surface area (Å²) < 4.78 is 19.2. The van der Waals surface area contributed by atoms with Crippen LogP contribution in [0.15, 0.2) is 68.0 Å². The second-order valence-corrected chi connectivity index (χ2v) is 9.82. The van der Waals surface area contributed by atoms with Gasteiger partial charge in [-0.05, 0) is 58.6 Å². The van der Waals surface area contributed by atoms with Gasteiger partial charge in [-0.3, -0.25) is 9.36 Å². The Morgan fingerprint density at radius 3 is 2.65 bits per heavy atom. The number of rotatable bonds is 8. The highest BCUT2D eigenvalue weighted by Gasteiger charge is 2.33. The number of ether oxygens (including phenoxy) is 3. The first-order valence-electron chi connectivity index (χ1n) is 11.6. The number of carbonyl (C=O) groups is 1. The maximum Gasteiger partial charge on any atom is 0.338 e. The first kappa shape index (κ1) is 26.5. The van der Waals surface area contributed by atoms with E-state index in [0.717, 1.165) is 11.1 Å². The molecular weight excluding hydrogens is 556 g/mol. The second-order valence-electron chi connectivity index (χ2n) is 7.95. The maximum atomic E-state index is 13.8. The van der Waals surface area contributed by atoms with Gasteiger partial charge in [0, 0.05) is 0 Å². The summed E-state index contributed by atoms with van der Waals surface area (Å²) in [6.45, 7) is 4.32. The van der Waals surface area contributed by atoms with Crippen LogP contribution in [0, 0.1) is 12.3 Å². The third-order valence-corrected chi connectivity index (χ3v) is 7.27. The molecule has 190 valence electrons. The monoisotopic (exact) mass is 580 g/mol. The number of fused-ring (bicyclic) bond motifs is 1. The Labute approximate surface area is 226 Å². The molecule has 4 rings (SSSR count). The quantitative estimate of drug-likeness (QED) is 0.297. The zero-order chi connectivity index (χ0) is 26.5. The average Bonchev–Trinajstić information content (AvgIpc) is 3.21. The molecule has 0 amide bonds. The van der Waals surface area contributed by atoms with Crippen molar-refractivity contribution in [2.75, 3.05) is 20.3 Å². The van der Waals surface area contributed by atoms with E-state index in [-0.39, 0.29) is 12.2 Å². The van der Waals surface area contributed by atoms with Crippen LogP contribution in [-0.4, -0.2) is 30.9 Å². The molecule has 1 atom stereocenters. The van der Waals surface area contributed by atoms with Crippen LogP contribution < -0.4 is 24.4 Å². The molecule has 0 saturated carbocycles. The number of hydrogen-bond donors (Lipinski definition) is 0. The van der Waals surface area contributed by atoms with E-state index in [1.54, 1.807) is 16.7 Å². The molecule has 2 aromatic carbocycles. The van der Waals surface area contributed by atoms with E-state index in [2.05, 4.69) is 21.9 Å². The molecule has 2 heterocycles. The molecule has 0 aliphatic carbocycles. The molecule has 1 aromatic heterocycles. The van der Waals surface area contributed by atoms with Crippen molar-refractivity contribution >= 4 is 39.3 Å². The summed E-state index contributed by atoms with van der Waals surface area (Å²) in [4.78, 5) is 31.9. The van der Waals surface area contributed by atoms with Crippen molar-refractivity contribution in [2.45, 2.75) is 26.3 Å². The predicted molar refractivity (Wildman–Crippen MR) is 146 cm³/mol. The Kier molecular flexibility index (Phi) is 8.31. The van der Waals surface area contributed by atoms with Gasteiger partial charge in [-0.1, -0.05) is 54.5 Å². The molecule has 0 fully saturated rings. The molecule has 0 unspecified atom stereocenters. The minimum Gasteiger partial charge on any atom is -0.490 e. The molecule has 0 N–H and O–H groups in total. The minimum atomic E-state index is -0.646. The number of thiazole rings is 1. The number of halogens is 1. The van der Waals surface area contributed by atoms with Gasteiger partial charge in [0.15, 0.2) is 16.3 Å². The standard InChI is InChI=1S/C28H25BrN2O5S/c1-5-13-36-25-19(29)14-17(15-21(25)35-7-3)16-22-26(32)31-24(18-11-9-8-10-12-18)23(27(33)34-4)20(6-2)30-28(31)37-22/h1,8-12,14-16,24H,6-7,13H2,2-4H3/b22-16-/t24-/m1/s1. The van der Waals surface area contributed by atoms with Gasteiger partial charge in [-0.15, -0.1) is 6.42 Å². The molecule has 7 nitrogen and oxygen atoms in total. The molecule has 3 aromatic rings. The molecule has 1 aliphatic rings. The molecule has 0 radical (unpaired) electrons. The van der Waals surface area contributed by atoms with E-state index < -0.39 is 12.0 Å². The fraction of sp³-hybridized carbons (Fsp3) is 0.250. The van der Waals surface area contributed by atoms with E-state index in [1.807, 2.05) is 50.2 Å². The highest BCUT2D eigenvalue weighted by Crippen LogP contribution is 2.37. The molecular formula is C28H25BrN2O5S. The Bertz CT molecular complexity index is 1580. The van der Waals surface area contributed by atoms with Crippen molar-refractivity contribution in [2.24, 2.45) is 4.99 Å². The molecule has 0 saturated heterocycles. The lowest BCUT2D eigenvalue weighted by Crippen LogP contribution is -2.40. The van der Waals surface area contributed by atoms with Crippen molar-refractivity contribution in [3.05, 3.63) is 89.0 Å².